The number of halogens is 5. The highest BCUT2D eigenvalue weighted by Crippen LogP contribution is 2.36. The summed E-state index contributed by atoms with van der Waals surface area (Å²) >= 11 is 6.04. The van der Waals surface area contributed by atoms with E-state index < -0.39 is 17.6 Å². The summed E-state index contributed by atoms with van der Waals surface area (Å²) in [5.74, 6) is -0.329. The summed E-state index contributed by atoms with van der Waals surface area (Å²) in [6.07, 6.45) is -4.59. The molecular weight excluding hydrogens is 360 g/mol. The Morgan fingerprint density at radius 3 is 2.36 bits per heavy atom. The third-order valence-corrected chi connectivity index (χ3v) is 3.91. The van der Waals surface area contributed by atoms with Gasteiger partial charge in [-0.2, -0.15) is 17.7 Å². The Hall–Kier alpha value is -2.74. The molecule has 126 valence electrons. The fourth-order valence-corrected chi connectivity index (χ4v) is 2.78. The van der Waals surface area contributed by atoms with E-state index in [0.29, 0.717) is 5.56 Å². The fraction of sp³-hybridized carbons (Fsp3) is 0.0625. The summed E-state index contributed by atoms with van der Waals surface area (Å²) in [5, 5.41) is 3.79. The highest BCUT2D eigenvalue weighted by molar-refractivity contribution is 6.29. The van der Waals surface area contributed by atoms with E-state index in [0.717, 1.165) is 10.6 Å². The zero-order valence-electron chi connectivity index (χ0n) is 12.2. The van der Waals surface area contributed by atoms with Gasteiger partial charge < -0.3 is 0 Å². The molecule has 0 fully saturated rings. The Labute approximate surface area is 142 Å². The van der Waals surface area contributed by atoms with Crippen LogP contribution in [0.25, 0.3) is 27.9 Å². The van der Waals surface area contributed by atoms with Crippen LogP contribution in [0.1, 0.15) is 5.56 Å². The molecule has 2 aromatic carbocycles. The number of alkyl halides is 3. The van der Waals surface area contributed by atoms with Crippen LogP contribution in [0.15, 0.2) is 42.5 Å². The van der Waals surface area contributed by atoms with E-state index in [2.05, 4.69) is 15.1 Å². The SMILES string of the molecule is Fc1ccc(-c2nc3c4c(C(F)(F)F)cccc4nc(Cl)n3n2)cc1. The van der Waals surface area contributed by atoms with Crippen molar-refractivity contribution in [3.05, 3.63) is 59.1 Å². The standard InChI is InChI=1S/C16H7ClF4N4/c17-15-22-11-3-1-2-10(16(19,20)21)12(11)14-23-13(24-25(14)15)8-4-6-9(18)7-5-8/h1-7H. The molecule has 0 amide bonds. The van der Waals surface area contributed by atoms with Crippen LogP contribution in [-0.4, -0.2) is 19.6 Å². The maximum Gasteiger partial charge on any atom is 0.417 e. The Kier molecular flexibility index (Phi) is 3.40. The van der Waals surface area contributed by atoms with E-state index in [-0.39, 0.29) is 27.7 Å². The van der Waals surface area contributed by atoms with E-state index in [9.17, 15) is 17.6 Å². The van der Waals surface area contributed by atoms with Crippen molar-refractivity contribution < 1.29 is 17.6 Å². The fourth-order valence-electron chi connectivity index (χ4n) is 2.58. The Bertz CT molecular complexity index is 1100. The smallest absolute Gasteiger partial charge is 0.218 e. The first-order chi connectivity index (χ1) is 11.8. The van der Waals surface area contributed by atoms with Gasteiger partial charge in [0.2, 0.25) is 5.28 Å². The molecule has 0 atom stereocenters. The third kappa shape index (κ3) is 2.58. The minimum atomic E-state index is -4.59. The van der Waals surface area contributed by atoms with Gasteiger partial charge in [-0.1, -0.05) is 6.07 Å². The van der Waals surface area contributed by atoms with E-state index in [1.807, 2.05) is 0 Å². The lowest BCUT2D eigenvalue weighted by Crippen LogP contribution is -2.07. The van der Waals surface area contributed by atoms with Gasteiger partial charge in [-0.25, -0.2) is 14.4 Å². The molecule has 0 spiro atoms. The highest BCUT2D eigenvalue weighted by Gasteiger charge is 2.34. The molecule has 0 aliphatic heterocycles. The number of aromatic nitrogens is 4. The zero-order chi connectivity index (χ0) is 17.8. The normalized spacial score (nSPS) is 12.2. The van der Waals surface area contributed by atoms with Crippen LogP contribution in [-0.2, 0) is 6.18 Å². The third-order valence-electron chi connectivity index (χ3n) is 3.67. The predicted molar refractivity (Wildman–Crippen MR) is 83.7 cm³/mol. The molecule has 0 unspecified atom stereocenters. The van der Waals surface area contributed by atoms with Gasteiger partial charge in [-0.3, -0.25) is 0 Å². The van der Waals surface area contributed by atoms with Crippen LogP contribution in [0.3, 0.4) is 0 Å². The molecule has 9 heteroatoms. The molecule has 0 radical (unpaired) electrons. The Morgan fingerprint density at radius 1 is 0.960 bits per heavy atom. The molecule has 0 aliphatic carbocycles. The first-order valence-corrected chi connectivity index (χ1v) is 7.40. The lowest BCUT2D eigenvalue weighted by molar-refractivity contribution is -0.136. The Balaban J connectivity index is 2.08. The largest absolute Gasteiger partial charge is 0.417 e. The van der Waals surface area contributed by atoms with Gasteiger partial charge in [0.25, 0.3) is 0 Å². The molecule has 0 saturated heterocycles. The second-order valence-electron chi connectivity index (χ2n) is 5.26. The van der Waals surface area contributed by atoms with Gasteiger partial charge >= 0.3 is 6.18 Å². The van der Waals surface area contributed by atoms with Crippen molar-refractivity contribution in [1.29, 1.82) is 0 Å². The monoisotopic (exact) mass is 366 g/mol. The minimum Gasteiger partial charge on any atom is -0.218 e. The van der Waals surface area contributed by atoms with Crippen LogP contribution in [0.4, 0.5) is 17.6 Å². The minimum absolute atomic E-state index is 0.0605. The first kappa shape index (κ1) is 15.8. The molecule has 4 aromatic rings. The molecule has 0 bridgehead atoms. The maximum atomic E-state index is 13.4. The lowest BCUT2D eigenvalue weighted by atomic mass is 10.1. The number of hydrogen-bond donors (Lipinski definition) is 0. The van der Waals surface area contributed by atoms with Crippen molar-refractivity contribution in [2.24, 2.45) is 0 Å². The second-order valence-corrected chi connectivity index (χ2v) is 5.59. The van der Waals surface area contributed by atoms with Crippen LogP contribution in [0.5, 0.6) is 0 Å². The maximum absolute atomic E-state index is 13.4. The number of fused-ring (bicyclic) bond motifs is 3. The Morgan fingerprint density at radius 2 is 1.68 bits per heavy atom. The molecule has 2 heterocycles. The topological polar surface area (TPSA) is 43.1 Å². The quantitative estimate of drug-likeness (QED) is 0.360. The zero-order valence-corrected chi connectivity index (χ0v) is 13.0. The van der Waals surface area contributed by atoms with Crippen molar-refractivity contribution in [1.82, 2.24) is 19.6 Å². The number of rotatable bonds is 1. The number of benzene rings is 2. The molecular formula is C16H7ClF4N4. The summed E-state index contributed by atoms with van der Waals surface area (Å²) in [7, 11) is 0. The molecule has 0 saturated carbocycles. The summed E-state index contributed by atoms with van der Waals surface area (Å²) in [4.78, 5) is 8.15. The molecule has 0 aliphatic rings. The summed E-state index contributed by atoms with van der Waals surface area (Å²) < 4.78 is 54.2. The molecule has 4 rings (SSSR count). The van der Waals surface area contributed by atoms with Crippen LogP contribution in [0.2, 0.25) is 5.28 Å². The van der Waals surface area contributed by atoms with Crippen molar-refractivity contribution in [3.8, 4) is 11.4 Å². The lowest BCUT2D eigenvalue weighted by Gasteiger charge is -2.10. The van der Waals surface area contributed by atoms with Crippen molar-refractivity contribution in [3.63, 3.8) is 0 Å². The van der Waals surface area contributed by atoms with Gasteiger partial charge in [0.15, 0.2) is 11.5 Å². The summed E-state index contributed by atoms with van der Waals surface area (Å²) in [5.41, 5.74) is -0.441. The number of hydrogen-bond acceptors (Lipinski definition) is 3. The average molecular weight is 367 g/mol. The average Bonchev–Trinajstić information content (AvgIpc) is 3.00. The van der Waals surface area contributed by atoms with Crippen molar-refractivity contribution in [2.45, 2.75) is 6.18 Å². The van der Waals surface area contributed by atoms with Crippen molar-refractivity contribution >= 4 is 28.2 Å². The number of nitrogens with zero attached hydrogens (tertiary/aromatic N) is 4. The van der Waals surface area contributed by atoms with Gasteiger partial charge in [-0.15, -0.1) is 5.10 Å². The summed E-state index contributed by atoms with van der Waals surface area (Å²) in [6.45, 7) is 0. The predicted octanol–water partition coefficient (Wildman–Crippen LogP) is 4.76. The molecule has 0 N–H and O–H groups in total. The van der Waals surface area contributed by atoms with E-state index in [4.69, 9.17) is 11.6 Å². The highest BCUT2D eigenvalue weighted by atomic mass is 35.5. The van der Waals surface area contributed by atoms with Gasteiger partial charge in [-0.05, 0) is 48.0 Å². The van der Waals surface area contributed by atoms with E-state index >= 15 is 0 Å². The molecule has 25 heavy (non-hydrogen) atoms. The van der Waals surface area contributed by atoms with E-state index in [1.165, 1.54) is 36.4 Å². The van der Waals surface area contributed by atoms with Gasteiger partial charge in [0.1, 0.15) is 5.82 Å². The summed E-state index contributed by atoms with van der Waals surface area (Å²) in [6, 6.07) is 8.89. The van der Waals surface area contributed by atoms with Gasteiger partial charge in [0, 0.05) is 5.56 Å². The van der Waals surface area contributed by atoms with Crippen molar-refractivity contribution in [2.75, 3.05) is 0 Å². The second kappa shape index (κ2) is 5.38. The van der Waals surface area contributed by atoms with E-state index in [1.54, 1.807) is 0 Å². The molecule has 4 nitrogen and oxygen atoms in total. The van der Waals surface area contributed by atoms with Gasteiger partial charge in [0.05, 0.1) is 16.5 Å². The van der Waals surface area contributed by atoms with Crippen LogP contribution in [0, 0.1) is 5.82 Å². The van der Waals surface area contributed by atoms with Crippen LogP contribution >= 0.6 is 11.6 Å². The molecule has 2 aromatic heterocycles. The first-order valence-electron chi connectivity index (χ1n) is 7.03. The van der Waals surface area contributed by atoms with Crippen LogP contribution < -0.4 is 0 Å².